The standard InChI is InChI=1S/C16H25NO2/c1-16(2)7-5-12(6-8-16)10-15(19)17-14-4-3-13(9-14)11-18/h3-4,10,13-14,18H,5-9,11H2,1-2H3,(H,17,19)/t13-,14+/m0/s1. The summed E-state index contributed by atoms with van der Waals surface area (Å²) in [6.07, 6.45) is 11.0. The Balaban J connectivity index is 1.80. The van der Waals surface area contributed by atoms with Crippen molar-refractivity contribution in [3.63, 3.8) is 0 Å². The Hall–Kier alpha value is -1.09. The number of hydrogen-bond acceptors (Lipinski definition) is 2. The number of aliphatic hydroxyl groups excluding tert-OH is 1. The fourth-order valence-electron chi connectivity index (χ4n) is 2.82. The highest BCUT2D eigenvalue weighted by molar-refractivity contribution is 5.88. The van der Waals surface area contributed by atoms with E-state index in [0.717, 1.165) is 19.3 Å². The molecule has 0 aromatic rings. The zero-order chi connectivity index (χ0) is 13.9. The lowest BCUT2D eigenvalue weighted by Gasteiger charge is -2.30. The monoisotopic (exact) mass is 263 g/mol. The van der Waals surface area contributed by atoms with Gasteiger partial charge in [-0.1, -0.05) is 31.6 Å². The number of hydrogen-bond donors (Lipinski definition) is 2. The van der Waals surface area contributed by atoms with E-state index in [1.807, 2.05) is 12.2 Å². The third-order valence-corrected chi connectivity index (χ3v) is 4.32. The molecule has 106 valence electrons. The molecule has 0 aliphatic heterocycles. The first kappa shape index (κ1) is 14.3. The second-order valence-electron chi connectivity index (χ2n) is 6.65. The molecule has 2 atom stereocenters. The van der Waals surface area contributed by atoms with Crippen molar-refractivity contribution in [2.24, 2.45) is 11.3 Å². The molecular weight excluding hydrogens is 238 g/mol. The van der Waals surface area contributed by atoms with Gasteiger partial charge >= 0.3 is 0 Å². The van der Waals surface area contributed by atoms with Gasteiger partial charge in [0.1, 0.15) is 0 Å². The van der Waals surface area contributed by atoms with Crippen molar-refractivity contribution < 1.29 is 9.90 Å². The molecule has 0 spiro atoms. The zero-order valence-corrected chi connectivity index (χ0v) is 12.0. The smallest absolute Gasteiger partial charge is 0.244 e. The minimum atomic E-state index is 0.0166. The lowest BCUT2D eigenvalue weighted by atomic mass is 9.75. The normalized spacial score (nSPS) is 29.3. The van der Waals surface area contributed by atoms with Crippen LogP contribution in [0.5, 0.6) is 0 Å². The number of nitrogens with one attached hydrogen (secondary N) is 1. The van der Waals surface area contributed by atoms with Crippen LogP contribution in [0, 0.1) is 11.3 Å². The van der Waals surface area contributed by atoms with Crippen molar-refractivity contribution in [3.8, 4) is 0 Å². The largest absolute Gasteiger partial charge is 0.396 e. The van der Waals surface area contributed by atoms with Crippen LogP contribution < -0.4 is 5.32 Å². The molecule has 2 aliphatic rings. The molecule has 0 saturated heterocycles. The van der Waals surface area contributed by atoms with Gasteiger partial charge in [-0.05, 0) is 37.5 Å². The van der Waals surface area contributed by atoms with Gasteiger partial charge in [-0.3, -0.25) is 4.79 Å². The summed E-state index contributed by atoms with van der Waals surface area (Å²) in [7, 11) is 0. The van der Waals surface area contributed by atoms with E-state index >= 15 is 0 Å². The van der Waals surface area contributed by atoms with Crippen molar-refractivity contribution in [1.29, 1.82) is 0 Å². The van der Waals surface area contributed by atoms with Crippen molar-refractivity contribution in [3.05, 3.63) is 23.8 Å². The van der Waals surface area contributed by atoms with Gasteiger partial charge in [-0.25, -0.2) is 0 Å². The van der Waals surface area contributed by atoms with Gasteiger partial charge in [0.05, 0.1) is 0 Å². The van der Waals surface area contributed by atoms with E-state index in [1.54, 1.807) is 6.08 Å². The first-order chi connectivity index (χ1) is 8.98. The van der Waals surface area contributed by atoms with Gasteiger partial charge in [-0.2, -0.15) is 0 Å². The lowest BCUT2D eigenvalue weighted by Crippen LogP contribution is -2.32. The van der Waals surface area contributed by atoms with Crippen LogP contribution in [-0.4, -0.2) is 23.7 Å². The summed E-state index contributed by atoms with van der Waals surface area (Å²) >= 11 is 0. The number of aliphatic hydroxyl groups is 1. The maximum Gasteiger partial charge on any atom is 0.244 e. The Kier molecular flexibility index (Phi) is 4.46. The van der Waals surface area contributed by atoms with Crippen LogP contribution in [0.1, 0.15) is 46.0 Å². The van der Waals surface area contributed by atoms with Gasteiger partial charge in [0.25, 0.3) is 0 Å². The number of allylic oxidation sites excluding steroid dienone is 1. The molecule has 1 fully saturated rings. The fourth-order valence-corrected chi connectivity index (χ4v) is 2.82. The third kappa shape index (κ3) is 4.20. The molecule has 0 unspecified atom stereocenters. The van der Waals surface area contributed by atoms with Gasteiger partial charge < -0.3 is 10.4 Å². The first-order valence-corrected chi connectivity index (χ1v) is 7.28. The van der Waals surface area contributed by atoms with Gasteiger partial charge in [0.2, 0.25) is 5.91 Å². The predicted molar refractivity (Wildman–Crippen MR) is 76.6 cm³/mol. The summed E-state index contributed by atoms with van der Waals surface area (Å²) in [5, 5.41) is 12.1. The second-order valence-corrected chi connectivity index (χ2v) is 6.65. The number of rotatable bonds is 3. The van der Waals surface area contributed by atoms with Crippen molar-refractivity contribution >= 4 is 5.91 Å². The number of carbonyl (C=O) groups is 1. The highest BCUT2D eigenvalue weighted by atomic mass is 16.3. The Morgan fingerprint density at radius 1 is 1.42 bits per heavy atom. The third-order valence-electron chi connectivity index (χ3n) is 4.32. The van der Waals surface area contributed by atoms with E-state index in [4.69, 9.17) is 5.11 Å². The van der Waals surface area contributed by atoms with Gasteiger partial charge in [0.15, 0.2) is 0 Å². The molecule has 19 heavy (non-hydrogen) atoms. The Morgan fingerprint density at radius 2 is 2.11 bits per heavy atom. The molecular formula is C16H25NO2. The first-order valence-electron chi connectivity index (χ1n) is 7.28. The van der Waals surface area contributed by atoms with Crippen LogP contribution in [0.2, 0.25) is 0 Å². The molecule has 3 nitrogen and oxygen atoms in total. The van der Waals surface area contributed by atoms with E-state index in [1.165, 1.54) is 18.4 Å². The number of carbonyl (C=O) groups excluding carboxylic acids is 1. The molecule has 3 heteroatoms. The molecule has 2 aliphatic carbocycles. The molecule has 2 rings (SSSR count). The Morgan fingerprint density at radius 3 is 2.68 bits per heavy atom. The lowest BCUT2D eigenvalue weighted by molar-refractivity contribution is -0.117. The van der Waals surface area contributed by atoms with Gasteiger partial charge in [-0.15, -0.1) is 0 Å². The maximum absolute atomic E-state index is 11.9. The quantitative estimate of drug-likeness (QED) is 0.607. The minimum absolute atomic E-state index is 0.0166. The summed E-state index contributed by atoms with van der Waals surface area (Å²) in [6.45, 7) is 4.75. The highest BCUT2D eigenvalue weighted by Gasteiger charge is 2.24. The summed E-state index contributed by atoms with van der Waals surface area (Å²) in [6, 6.07) is 0.0848. The highest BCUT2D eigenvalue weighted by Crippen LogP contribution is 2.37. The van der Waals surface area contributed by atoms with Crippen molar-refractivity contribution in [2.75, 3.05) is 6.61 Å². The molecule has 0 aromatic heterocycles. The van der Waals surface area contributed by atoms with Crippen LogP contribution in [0.4, 0.5) is 0 Å². The second kappa shape index (κ2) is 5.91. The maximum atomic E-state index is 11.9. The molecule has 2 N–H and O–H groups in total. The van der Waals surface area contributed by atoms with E-state index in [9.17, 15) is 4.79 Å². The van der Waals surface area contributed by atoms with Crippen molar-refractivity contribution in [2.45, 2.75) is 52.0 Å². The van der Waals surface area contributed by atoms with Gasteiger partial charge in [0, 0.05) is 24.6 Å². The summed E-state index contributed by atoms with van der Waals surface area (Å²) in [5.74, 6) is 0.219. The molecule has 0 radical (unpaired) electrons. The molecule has 1 amide bonds. The average molecular weight is 263 g/mol. The van der Waals surface area contributed by atoms with E-state index in [-0.39, 0.29) is 24.5 Å². The predicted octanol–water partition coefficient (Wildman–Crippen LogP) is 2.57. The topological polar surface area (TPSA) is 49.3 Å². The SMILES string of the molecule is CC1(C)CCC(=CC(=O)N[C@@H]2C=C[C@H](CO)C2)CC1. The Labute approximate surface area is 115 Å². The van der Waals surface area contributed by atoms with E-state index in [0.29, 0.717) is 5.41 Å². The van der Waals surface area contributed by atoms with Crippen molar-refractivity contribution in [1.82, 2.24) is 5.32 Å². The summed E-state index contributed by atoms with van der Waals surface area (Å²) in [5.41, 5.74) is 1.70. The van der Waals surface area contributed by atoms with E-state index in [2.05, 4.69) is 19.2 Å². The molecule has 0 heterocycles. The minimum Gasteiger partial charge on any atom is -0.396 e. The van der Waals surface area contributed by atoms with Crippen LogP contribution in [0.3, 0.4) is 0 Å². The number of amides is 1. The van der Waals surface area contributed by atoms with Crippen LogP contribution in [0.25, 0.3) is 0 Å². The average Bonchev–Trinajstić information content (AvgIpc) is 2.79. The zero-order valence-electron chi connectivity index (χ0n) is 12.0. The fraction of sp³-hybridized carbons (Fsp3) is 0.688. The summed E-state index contributed by atoms with van der Waals surface area (Å²) in [4.78, 5) is 11.9. The molecule has 0 aromatic carbocycles. The van der Waals surface area contributed by atoms with E-state index < -0.39 is 0 Å². The van der Waals surface area contributed by atoms with Crippen LogP contribution >= 0.6 is 0 Å². The summed E-state index contributed by atoms with van der Waals surface area (Å²) < 4.78 is 0. The molecule has 1 saturated carbocycles. The van der Waals surface area contributed by atoms with Crippen LogP contribution in [-0.2, 0) is 4.79 Å². The van der Waals surface area contributed by atoms with Crippen LogP contribution in [0.15, 0.2) is 23.8 Å². The Bertz CT molecular complexity index is 384. The molecule has 0 bridgehead atoms.